The van der Waals surface area contributed by atoms with Crippen LogP contribution in [0.5, 0.6) is 0 Å². The summed E-state index contributed by atoms with van der Waals surface area (Å²) in [6.45, 7) is 1.52. The van der Waals surface area contributed by atoms with Crippen LogP contribution in [0.2, 0.25) is 0 Å². The summed E-state index contributed by atoms with van der Waals surface area (Å²) < 4.78 is 10.6. The smallest absolute Gasteiger partial charge is 0.310 e. The summed E-state index contributed by atoms with van der Waals surface area (Å²) in [4.78, 5) is 36.7. The summed E-state index contributed by atoms with van der Waals surface area (Å²) in [5.41, 5.74) is 0.974. The number of amides is 1. The summed E-state index contributed by atoms with van der Waals surface area (Å²) in [5.74, 6) is -1.98. The maximum absolute atomic E-state index is 12.5. The Morgan fingerprint density at radius 3 is 2.77 bits per heavy atom. The highest BCUT2D eigenvalue weighted by Gasteiger charge is 2.68. The number of esters is 2. The topological polar surface area (TPSA) is 81.7 Å². The van der Waals surface area contributed by atoms with Crippen molar-refractivity contribution in [2.45, 2.75) is 30.3 Å². The lowest BCUT2D eigenvalue weighted by molar-refractivity contribution is -0.158. The Hall–Kier alpha value is -1.89. The molecule has 1 aliphatic heterocycles. The van der Waals surface area contributed by atoms with Crippen LogP contribution in [-0.4, -0.2) is 35.4 Å². The number of hydrogen-bond acceptors (Lipinski definition) is 5. The molecule has 1 saturated heterocycles. The van der Waals surface area contributed by atoms with Gasteiger partial charge in [0.15, 0.2) is 6.61 Å². The lowest BCUT2D eigenvalue weighted by atomic mass is 9.80. The molecular weight excluding hydrogens is 402 g/mol. The monoisotopic (exact) mass is 421 g/mol. The number of fused-ring (bicyclic) bond motifs is 1. The number of alkyl halides is 1. The first kappa shape index (κ1) is 17.5. The second kappa shape index (κ2) is 6.68. The van der Waals surface area contributed by atoms with Crippen molar-refractivity contribution in [1.82, 2.24) is 5.32 Å². The Morgan fingerprint density at radius 1 is 1.31 bits per heavy atom. The number of carbonyl (C=O) groups is 3. The van der Waals surface area contributed by atoms with Crippen LogP contribution in [0.4, 0.5) is 0 Å². The van der Waals surface area contributed by atoms with E-state index < -0.39 is 17.8 Å². The number of hydrogen-bond donors (Lipinski definition) is 1. The third kappa shape index (κ3) is 2.82. The van der Waals surface area contributed by atoms with Gasteiger partial charge in [0.05, 0.1) is 22.7 Å². The van der Waals surface area contributed by atoms with Gasteiger partial charge in [0.2, 0.25) is 0 Å². The van der Waals surface area contributed by atoms with Crippen LogP contribution in [0, 0.1) is 23.7 Å². The fraction of sp³-hybridized carbons (Fsp3) is 0.526. The van der Waals surface area contributed by atoms with E-state index in [-0.39, 0.29) is 47.3 Å². The van der Waals surface area contributed by atoms with Crippen molar-refractivity contribution >= 4 is 33.8 Å². The maximum atomic E-state index is 12.5. The van der Waals surface area contributed by atoms with Gasteiger partial charge in [-0.05, 0) is 24.8 Å². The predicted molar refractivity (Wildman–Crippen MR) is 95.1 cm³/mol. The number of nitrogens with one attached hydrogen (secondary N) is 1. The van der Waals surface area contributed by atoms with Gasteiger partial charge in [-0.15, -0.1) is 0 Å². The standard InChI is InChI=1S/C19H20BrNO5/c1-9(10-5-3-2-4-6-10)21-13(22)8-25-18(23)14-11-7-12-15(14)19(24)26-17(12)16(11)20/h2-6,9,11-12,14-17H,7-8H2,1H3,(H,21,22)/t9-,11+,12+,14+,15-,16-,17-/m0/s1. The first-order valence-electron chi connectivity index (χ1n) is 8.83. The van der Waals surface area contributed by atoms with Crippen LogP contribution in [0.3, 0.4) is 0 Å². The Balaban J connectivity index is 1.33. The molecule has 7 heteroatoms. The Bertz CT molecular complexity index is 739. The molecule has 3 fully saturated rings. The SMILES string of the molecule is C[C@H](NC(=O)COC(=O)[C@@H]1[C@H]2C[C@H]3[C@H](OC(=O)[C@@H]31)[C@H]2Br)c1ccccc1. The molecule has 0 radical (unpaired) electrons. The first-order valence-corrected chi connectivity index (χ1v) is 9.74. The lowest BCUT2D eigenvalue weighted by Gasteiger charge is -2.26. The van der Waals surface area contributed by atoms with Gasteiger partial charge in [-0.3, -0.25) is 14.4 Å². The van der Waals surface area contributed by atoms with Crippen LogP contribution in [0.25, 0.3) is 0 Å². The minimum atomic E-state index is -0.519. The number of rotatable bonds is 5. The van der Waals surface area contributed by atoms with E-state index in [9.17, 15) is 14.4 Å². The molecule has 2 bridgehead atoms. The molecule has 1 heterocycles. The van der Waals surface area contributed by atoms with Crippen molar-refractivity contribution in [3.63, 3.8) is 0 Å². The molecule has 1 amide bonds. The molecule has 0 unspecified atom stereocenters. The molecule has 138 valence electrons. The van der Waals surface area contributed by atoms with E-state index in [0.29, 0.717) is 0 Å². The van der Waals surface area contributed by atoms with E-state index in [2.05, 4.69) is 21.2 Å². The fourth-order valence-corrected chi connectivity index (χ4v) is 5.68. The van der Waals surface area contributed by atoms with Gasteiger partial charge in [0.25, 0.3) is 5.91 Å². The van der Waals surface area contributed by atoms with Crippen molar-refractivity contribution in [3.05, 3.63) is 35.9 Å². The third-order valence-corrected chi connectivity index (χ3v) is 7.02. The van der Waals surface area contributed by atoms with Crippen LogP contribution >= 0.6 is 15.9 Å². The highest BCUT2D eigenvalue weighted by Crippen LogP contribution is 2.60. The molecule has 1 aromatic rings. The fourth-order valence-electron chi connectivity index (χ4n) is 4.64. The van der Waals surface area contributed by atoms with Crippen LogP contribution < -0.4 is 5.32 Å². The second-order valence-corrected chi connectivity index (χ2v) is 8.33. The summed E-state index contributed by atoms with van der Waals surface area (Å²) in [7, 11) is 0. The zero-order chi connectivity index (χ0) is 18.4. The van der Waals surface area contributed by atoms with Gasteiger partial charge < -0.3 is 14.8 Å². The van der Waals surface area contributed by atoms with E-state index >= 15 is 0 Å². The van der Waals surface area contributed by atoms with E-state index in [0.717, 1.165) is 12.0 Å². The molecule has 2 aliphatic carbocycles. The van der Waals surface area contributed by atoms with Gasteiger partial charge in [-0.2, -0.15) is 0 Å². The van der Waals surface area contributed by atoms with Gasteiger partial charge in [0.1, 0.15) is 6.10 Å². The molecule has 7 atom stereocenters. The summed E-state index contributed by atoms with van der Waals surface area (Å²) in [6, 6.07) is 9.37. The zero-order valence-electron chi connectivity index (χ0n) is 14.3. The average Bonchev–Trinajstić information content (AvgIpc) is 3.24. The molecule has 1 aromatic carbocycles. The van der Waals surface area contributed by atoms with E-state index in [4.69, 9.17) is 9.47 Å². The number of halogens is 1. The van der Waals surface area contributed by atoms with E-state index in [1.807, 2.05) is 37.3 Å². The Kier molecular flexibility index (Phi) is 4.50. The minimum Gasteiger partial charge on any atom is -0.461 e. The van der Waals surface area contributed by atoms with Crippen LogP contribution in [0.1, 0.15) is 24.9 Å². The van der Waals surface area contributed by atoms with Crippen molar-refractivity contribution in [2.24, 2.45) is 23.7 Å². The van der Waals surface area contributed by atoms with Crippen LogP contribution in [0.15, 0.2) is 30.3 Å². The molecule has 6 nitrogen and oxygen atoms in total. The highest BCUT2D eigenvalue weighted by molar-refractivity contribution is 9.09. The molecule has 4 rings (SSSR count). The molecule has 0 spiro atoms. The Morgan fingerprint density at radius 2 is 2.04 bits per heavy atom. The van der Waals surface area contributed by atoms with Gasteiger partial charge in [0, 0.05) is 5.92 Å². The molecule has 3 aliphatic rings. The number of carbonyl (C=O) groups excluding carboxylic acids is 3. The maximum Gasteiger partial charge on any atom is 0.310 e. The summed E-state index contributed by atoms with van der Waals surface area (Å²) in [5, 5.41) is 2.81. The average molecular weight is 422 g/mol. The van der Waals surface area contributed by atoms with Crippen LogP contribution in [-0.2, 0) is 23.9 Å². The molecular formula is C19H20BrNO5. The molecule has 1 N–H and O–H groups in total. The van der Waals surface area contributed by atoms with Gasteiger partial charge in [-0.1, -0.05) is 46.3 Å². The van der Waals surface area contributed by atoms with Crippen molar-refractivity contribution < 1.29 is 23.9 Å². The van der Waals surface area contributed by atoms with E-state index in [1.165, 1.54) is 0 Å². The molecule has 0 aromatic heterocycles. The highest BCUT2D eigenvalue weighted by atomic mass is 79.9. The normalized spacial score (nSPS) is 35.1. The summed E-state index contributed by atoms with van der Waals surface area (Å²) >= 11 is 3.56. The van der Waals surface area contributed by atoms with Gasteiger partial charge >= 0.3 is 11.9 Å². The quantitative estimate of drug-likeness (QED) is 0.580. The zero-order valence-corrected chi connectivity index (χ0v) is 15.8. The lowest BCUT2D eigenvalue weighted by Crippen LogP contribution is -2.40. The number of benzene rings is 1. The largest absolute Gasteiger partial charge is 0.461 e. The predicted octanol–water partition coefficient (Wildman–Crippen LogP) is 1.98. The molecule has 26 heavy (non-hydrogen) atoms. The Labute approximate surface area is 159 Å². The van der Waals surface area contributed by atoms with Gasteiger partial charge in [-0.25, -0.2) is 0 Å². The first-order chi connectivity index (χ1) is 12.5. The van der Waals surface area contributed by atoms with Crippen molar-refractivity contribution in [3.8, 4) is 0 Å². The van der Waals surface area contributed by atoms with E-state index in [1.54, 1.807) is 0 Å². The minimum absolute atomic E-state index is 0.0142. The van der Waals surface area contributed by atoms with Crippen molar-refractivity contribution in [1.29, 1.82) is 0 Å². The molecule has 2 saturated carbocycles. The second-order valence-electron chi connectivity index (χ2n) is 7.27. The third-order valence-electron chi connectivity index (χ3n) is 5.82. The summed E-state index contributed by atoms with van der Waals surface area (Å²) in [6.07, 6.45) is 0.658. The number of ether oxygens (including phenoxy) is 2. The van der Waals surface area contributed by atoms with Crippen molar-refractivity contribution in [2.75, 3.05) is 6.61 Å².